The third-order valence-corrected chi connectivity index (χ3v) is 4.59. The molecule has 1 N–H and O–H groups in total. The van der Waals surface area contributed by atoms with Gasteiger partial charge in [0.1, 0.15) is 6.17 Å². The predicted octanol–water partition coefficient (Wildman–Crippen LogP) is 2.99. The number of hydrogen-bond acceptors (Lipinski definition) is 4. The first kappa shape index (κ1) is 15.4. The second-order valence-corrected chi connectivity index (χ2v) is 6.30. The maximum Gasteiger partial charge on any atom is 0.257 e. The highest BCUT2D eigenvalue weighted by molar-refractivity contribution is 6.03. The summed E-state index contributed by atoms with van der Waals surface area (Å²) in [6.07, 6.45) is 5.17. The van der Waals surface area contributed by atoms with E-state index < -0.39 is 0 Å². The van der Waals surface area contributed by atoms with Crippen molar-refractivity contribution in [2.24, 2.45) is 7.05 Å². The van der Waals surface area contributed by atoms with Crippen molar-refractivity contribution in [3.05, 3.63) is 65.6 Å². The van der Waals surface area contributed by atoms with E-state index in [9.17, 15) is 4.79 Å². The average molecular weight is 333 g/mol. The van der Waals surface area contributed by atoms with Crippen molar-refractivity contribution in [2.75, 3.05) is 12.4 Å². The smallest absolute Gasteiger partial charge is 0.257 e. The van der Waals surface area contributed by atoms with E-state index in [1.54, 1.807) is 22.0 Å². The minimum absolute atomic E-state index is 0.0152. The predicted molar refractivity (Wildman–Crippen MR) is 96.1 cm³/mol. The number of aromatic nitrogens is 3. The Morgan fingerprint density at radius 3 is 2.64 bits per heavy atom. The van der Waals surface area contributed by atoms with Crippen LogP contribution in [0.2, 0.25) is 0 Å². The molecule has 1 atom stereocenters. The molecule has 126 valence electrons. The SMILES string of the molecule is Cc1cccc2c1C(=O)N(C)[C@H](c1cn(C)nc1-c1ccncc1)N2. The Labute approximate surface area is 146 Å². The minimum Gasteiger partial charge on any atom is -0.361 e. The summed E-state index contributed by atoms with van der Waals surface area (Å²) in [6, 6.07) is 9.72. The molecule has 0 aliphatic carbocycles. The van der Waals surface area contributed by atoms with Gasteiger partial charge < -0.3 is 10.2 Å². The van der Waals surface area contributed by atoms with Crippen LogP contribution in [0.15, 0.2) is 48.9 Å². The Bertz CT molecular complexity index is 948. The third kappa shape index (κ3) is 2.46. The molecule has 6 heteroatoms. The van der Waals surface area contributed by atoms with Gasteiger partial charge in [-0.1, -0.05) is 12.1 Å². The topological polar surface area (TPSA) is 63.1 Å². The summed E-state index contributed by atoms with van der Waals surface area (Å²) in [7, 11) is 3.70. The molecule has 4 rings (SSSR count). The van der Waals surface area contributed by atoms with E-state index in [-0.39, 0.29) is 12.1 Å². The van der Waals surface area contributed by atoms with Crippen molar-refractivity contribution in [2.45, 2.75) is 13.1 Å². The summed E-state index contributed by atoms with van der Waals surface area (Å²) in [5.74, 6) is 0.0152. The van der Waals surface area contributed by atoms with Gasteiger partial charge in [-0.2, -0.15) is 5.10 Å². The lowest BCUT2D eigenvalue weighted by Crippen LogP contribution is -2.40. The summed E-state index contributed by atoms with van der Waals surface area (Å²) < 4.78 is 1.77. The van der Waals surface area contributed by atoms with Crippen molar-refractivity contribution in [1.82, 2.24) is 19.7 Å². The van der Waals surface area contributed by atoms with E-state index in [0.717, 1.165) is 33.6 Å². The molecule has 0 bridgehead atoms. The number of fused-ring (bicyclic) bond motifs is 1. The fourth-order valence-electron chi connectivity index (χ4n) is 3.34. The first-order valence-corrected chi connectivity index (χ1v) is 8.13. The minimum atomic E-state index is -0.279. The Kier molecular flexibility index (Phi) is 3.53. The molecule has 0 spiro atoms. The molecule has 6 nitrogen and oxygen atoms in total. The normalized spacial score (nSPS) is 16.5. The molecule has 1 amide bonds. The van der Waals surface area contributed by atoms with Crippen LogP contribution < -0.4 is 5.32 Å². The monoisotopic (exact) mass is 333 g/mol. The molecule has 0 saturated carbocycles. The highest BCUT2D eigenvalue weighted by Crippen LogP contribution is 2.36. The molecule has 1 aliphatic heterocycles. The number of benzene rings is 1. The lowest BCUT2D eigenvalue weighted by Gasteiger charge is -2.36. The highest BCUT2D eigenvalue weighted by Gasteiger charge is 2.33. The quantitative estimate of drug-likeness (QED) is 0.783. The van der Waals surface area contributed by atoms with Crippen LogP contribution in [0.1, 0.15) is 27.7 Å². The van der Waals surface area contributed by atoms with E-state index >= 15 is 0 Å². The fraction of sp³-hybridized carbons (Fsp3) is 0.211. The zero-order chi connectivity index (χ0) is 17.6. The van der Waals surface area contributed by atoms with Gasteiger partial charge in [0.25, 0.3) is 5.91 Å². The number of amides is 1. The fourth-order valence-corrected chi connectivity index (χ4v) is 3.34. The van der Waals surface area contributed by atoms with Crippen molar-refractivity contribution in [3.63, 3.8) is 0 Å². The van der Waals surface area contributed by atoms with Crippen LogP contribution in [0.5, 0.6) is 0 Å². The summed E-state index contributed by atoms with van der Waals surface area (Å²) in [5.41, 5.74) is 5.34. The Hall–Kier alpha value is -3.15. The van der Waals surface area contributed by atoms with Crippen molar-refractivity contribution in [1.29, 1.82) is 0 Å². The van der Waals surface area contributed by atoms with E-state index in [1.807, 2.05) is 57.5 Å². The first-order valence-electron chi connectivity index (χ1n) is 8.13. The van der Waals surface area contributed by atoms with Crippen molar-refractivity contribution in [3.8, 4) is 11.3 Å². The van der Waals surface area contributed by atoms with Gasteiger partial charge in [0.05, 0.1) is 11.3 Å². The van der Waals surface area contributed by atoms with Gasteiger partial charge in [-0.3, -0.25) is 14.5 Å². The van der Waals surface area contributed by atoms with E-state index in [1.165, 1.54) is 0 Å². The van der Waals surface area contributed by atoms with Crippen molar-refractivity contribution >= 4 is 11.6 Å². The van der Waals surface area contributed by atoms with Crippen LogP contribution in [0, 0.1) is 6.92 Å². The van der Waals surface area contributed by atoms with Crippen molar-refractivity contribution < 1.29 is 4.79 Å². The zero-order valence-electron chi connectivity index (χ0n) is 14.4. The van der Waals surface area contributed by atoms with Crippen LogP contribution in [0.3, 0.4) is 0 Å². The molecular formula is C19H19N5O. The molecule has 0 saturated heterocycles. The second-order valence-electron chi connectivity index (χ2n) is 6.30. The molecule has 1 aliphatic rings. The van der Waals surface area contributed by atoms with Gasteiger partial charge in [0, 0.05) is 49.5 Å². The third-order valence-electron chi connectivity index (χ3n) is 4.59. The molecule has 0 fully saturated rings. The molecule has 3 aromatic rings. The standard InChI is InChI=1S/C19H19N5O/c1-12-5-4-6-15-16(12)19(25)24(3)18(21-15)14-11-23(2)22-17(14)13-7-9-20-10-8-13/h4-11,18,21H,1-3H3/t18-/m1/s1. The molecule has 1 aromatic carbocycles. The Morgan fingerprint density at radius 2 is 1.88 bits per heavy atom. The maximum absolute atomic E-state index is 12.9. The van der Waals surface area contributed by atoms with Gasteiger partial charge in [-0.15, -0.1) is 0 Å². The number of aryl methyl sites for hydroxylation is 2. The van der Waals surface area contributed by atoms with Gasteiger partial charge in [0.15, 0.2) is 0 Å². The molecular weight excluding hydrogens is 314 g/mol. The molecule has 2 aromatic heterocycles. The number of rotatable bonds is 2. The van der Waals surface area contributed by atoms with Gasteiger partial charge in [-0.25, -0.2) is 0 Å². The lowest BCUT2D eigenvalue weighted by molar-refractivity contribution is 0.0735. The largest absolute Gasteiger partial charge is 0.361 e. The van der Waals surface area contributed by atoms with Gasteiger partial charge in [-0.05, 0) is 30.7 Å². The maximum atomic E-state index is 12.9. The Balaban J connectivity index is 1.83. The summed E-state index contributed by atoms with van der Waals surface area (Å²) >= 11 is 0. The number of hydrogen-bond donors (Lipinski definition) is 1. The van der Waals surface area contributed by atoms with Crippen LogP contribution in [-0.2, 0) is 7.05 Å². The number of nitrogens with zero attached hydrogens (tertiary/aromatic N) is 4. The van der Waals surface area contributed by atoms with Crippen LogP contribution in [-0.4, -0.2) is 32.6 Å². The number of carbonyl (C=O) groups excluding carboxylic acids is 1. The van der Waals surface area contributed by atoms with E-state index in [4.69, 9.17) is 0 Å². The molecule has 25 heavy (non-hydrogen) atoms. The van der Waals surface area contributed by atoms with Crippen LogP contribution in [0.25, 0.3) is 11.3 Å². The summed E-state index contributed by atoms with van der Waals surface area (Å²) in [6.45, 7) is 1.96. The molecule has 3 heterocycles. The number of nitrogens with one attached hydrogen (secondary N) is 1. The summed E-state index contributed by atoms with van der Waals surface area (Å²) in [5, 5.41) is 8.09. The first-order chi connectivity index (χ1) is 12.1. The number of anilines is 1. The number of carbonyl (C=O) groups is 1. The van der Waals surface area contributed by atoms with Gasteiger partial charge >= 0.3 is 0 Å². The van der Waals surface area contributed by atoms with Crippen LogP contribution >= 0.6 is 0 Å². The second kappa shape index (κ2) is 5.73. The number of pyridine rings is 1. The van der Waals surface area contributed by atoms with Gasteiger partial charge in [0.2, 0.25) is 0 Å². The summed E-state index contributed by atoms with van der Waals surface area (Å²) in [4.78, 5) is 18.7. The molecule has 0 unspecified atom stereocenters. The molecule has 0 radical (unpaired) electrons. The zero-order valence-corrected chi connectivity index (χ0v) is 14.4. The van der Waals surface area contributed by atoms with E-state index in [2.05, 4.69) is 15.4 Å². The van der Waals surface area contributed by atoms with Crippen LogP contribution in [0.4, 0.5) is 5.69 Å². The average Bonchev–Trinajstić information content (AvgIpc) is 3.00. The Morgan fingerprint density at radius 1 is 1.12 bits per heavy atom. The lowest BCUT2D eigenvalue weighted by atomic mass is 9.99. The highest BCUT2D eigenvalue weighted by atomic mass is 16.2. The van der Waals surface area contributed by atoms with E-state index in [0.29, 0.717) is 0 Å².